The molecule has 0 bridgehead atoms. The van der Waals surface area contributed by atoms with E-state index in [0.29, 0.717) is 0 Å². The van der Waals surface area contributed by atoms with Gasteiger partial charge in [-0.3, -0.25) is 9.59 Å². The number of carbonyl (C=O) groups is 3. The van der Waals surface area contributed by atoms with E-state index in [1.54, 1.807) is 13.8 Å². The third-order valence-electron chi connectivity index (χ3n) is 2.63. The quantitative estimate of drug-likeness (QED) is 0.606. The van der Waals surface area contributed by atoms with Crippen molar-refractivity contribution in [3.63, 3.8) is 0 Å². The van der Waals surface area contributed by atoms with Gasteiger partial charge in [0.15, 0.2) is 5.69 Å². The Bertz CT molecular complexity index is 523. The molecular formula is C11H17N5O4. The molecule has 0 radical (unpaired) electrons. The van der Waals surface area contributed by atoms with E-state index >= 15 is 0 Å². The summed E-state index contributed by atoms with van der Waals surface area (Å²) in [5, 5.41) is 20.7. The van der Waals surface area contributed by atoms with Gasteiger partial charge >= 0.3 is 5.97 Å². The molecule has 1 aromatic rings. The molecule has 0 saturated carbocycles. The molecule has 0 atom stereocenters. The van der Waals surface area contributed by atoms with Crippen LogP contribution in [0.4, 0.5) is 0 Å². The minimum Gasteiger partial charge on any atom is -0.476 e. The van der Waals surface area contributed by atoms with E-state index in [1.807, 2.05) is 0 Å². The maximum atomic E-state index is 11.7. The number of rotatable bonds is 6. The summed E-state index contributed by atoms with van der Waals surface area (Å²) in [5.41, 5.74) is -0.970. The first-order chi connectivity index (χ1) is 9.26. The van der Waals surface area contributed by atoms with Crippen molar-refractivity contribution in [1.29, 1.82) is 0 Å². The van der Waals surface area contributed by atoms with E-state index in [9.17, 15) is 14.4 Å². The second kappa shape index (κ2) is 6.13. The highest BCUT2D eigenvalue weighted by Crippen LogP contribution is 2.12. The molecule has 0 aliphatic heterocycles. The average molecular weight is 283 g/mol. The summed E-state index contributed by atoms with van der Waals surface area (Å²) in [7, 11) is 1.52. The third kappa shape index (κ3) is 4.04. The Morgan fingerprint density at radius 3 is 2.55 bits per heavy atom. The molecule has 20 heavy (non-hydrogen) atoms. The summed E-state index contributed by atoms with van der Waals surface area (Å²) in [6.07, 6.45) is 1.16. The van der Waals surface area contributed by atoms with Gasteiger partial charge in [0.25, 0.3) is 0 Å². The van der Waals surface area contributed by atoms with Gasteiger partial charge in [-0.2, -0.15) is 0 Å². The summed E-state index contributed by atoms with van der Waals surface area (Å²) in [6, 6.07) is 0. The van der Waals surface area contributed by atoms with Gasteiger partial charge < -0.3 is 15.7 Å². The second-order valence-corrected chi connectivity index (χ2v) is 4.85. The van der Waals surface area contributed by atoms with Crippen LogP contribution in [-0.2, 0) is 16.1 Å². The van der Waals surface area contributed by atoms with Crippen molar-refractivity contribution in [3.05, 3.63) is 11.9 Å². The van der Waals surface area contributed by atoms with E-state index in [-0.39, 0.29) is 30.6 Å². The normalized spacial score (nSPS) is 10.9. The van der Waals surface area contributed by atoms with Crippen LogP contribution >= 0.6 is 0 Å². The number of aromatic carboxylic acids is 1. The smallest absolute Gasteiger partial charge is 0.358 e. The molecule has 2 amide bonds. The van der Waals surface area contributed by atoms with Crippen molar-refractivity contribution in [2.45, 2.75) is 20.4 Å². The van der Waals surface area contributed by atoms with Gasteiger partial charge in [0.2, 0.25) is 11.8 Å². The lowest BCUT2D eigenvalue weighted by atomic mass is 9.92. The lowest BCUT2D eigenvalue weighted by molar-refractivity contribution is -0.129. The third-order valence-corrected chi connectivity index (χ3v) is 2.63. The van der Waals surface area contributed by atoms with Gasteiger partial charge in [0.05, 0.1) is 11.6 Å². The first-order valence-corrected chi connectivity index (χ1v) is 5.88. The number of amides is 2. The molecule has 1 heterocycles. The molecule has 0 spiro atoms. The number of carboxylic acids is 1. The van der Waals surface area contributed by atoms with Gasteiger partial charge in [-0.05, 0) is 13.8 Å². The van der Waals surface area contributed by atoms with Crippen molar-refractivity contribution >= 4 is 17.8 Å². The average Bonchev–Trinajstić information content (AvgIpc) is 2.84. The summed E-state index contributed by atoms with van der Waals surface area (Å²) < 4.78 is 1.12. The highest BCUT2D eigenvalue weighted by atomic mass is 16.4. The molecule has 1 rings (SSSR count). The Labute approximate surface area is 115 Å². The van der Waals surface area contributed by atoms with Crippen LogP contribution in [0.15, 0.2) is 6.20 Å². The summed E-state index contributed by atoms with van der Waals surface area (Å²) >= 11 is 0. The fraction of sp³-hybridized carbons (Fsp3) is 0.545. The van der Waals surface area contributed by atoms with Crippen molar-refractivity contribution in [2.75, 3.05) is 13.6 Å². The second-order valence-electron chi connectivity index (χ2n) is 4.85. The largest absolute Gasteiger partial charge is 0.476 e. The predicted molar refractivity (Wildman–Crippen MR) is 67.8 cm³/mol. The number of carboxylic acid groups (broad SMARTS) is 1. The molecule has 0 aliphatic rings. The lowest BCUT2D eigenvalue weighted by Crippen LogP contribution is -2.44. The summed E-state index contributed by atoms with van der Waals surface area (Å²) in [6.45, 7) is 3.39. The van der Waals surface area contributed by atoms with Crippen molar-refractivity contribution < 1.29 is 19.5 Å². The molecular weight excluding hydrogens is 266 g/mol. The fourth-order valence-corrected chi connectivity index (χ4v) is 1.41. The van der Waals surface area contributed by atoms with Gasteiger partial charge in [-0.1, -0.05) is 5.21 Å². The maximum Gasteiger partial charge on any atom is 0.358 e. The fourth-order valence-electron chi connectivity index (χ4n) is 1.41. The van der Waals surface area contributed by atoms with Gasteiger partial charge in [-0.25, -0.2) is 9.48 Å². The Balaban J connectivity index is 2.51. The Morgan fingerprint density at radius 1 is 1.40 bits per heavy atom. The van der Waals surface area contributed by atoms with Crippen molar-refractivity contribution in [1.82, 2.24) is 25.6 Å². The Kier molecular flexibility index (Phi) is 4.78. The summed E-state index contributed by atoms with van der Waals surface area (Å²) in [5.74, 6) is -1.78. The molecule has 0 aromatic carbocycles. The monoisotopic (exact) mass is 283 g/mol. The van der Waals surface area contributed by atoms with E-state index in [1.165, 1.54) is 7.05 Å². The van der Waals surface area contributed by atoms with Gasteiger partial charge in [-0.15, -0.1) is 5.10 Å². The highest BCUT2D eigenvalue weighted by molar-refractivity contribution is 5.85. The van der Waals surface area contributed by atoms with E-state index < -0.39 is 11.4 Å². The molecule has 1 aromatic heterocycles. The van der Waals surface area contributed by atoms with Crippen LogP contribution < -0.4 is 10.6 Å². The van der Waals surface area contributed by atoms with Crippen molar-refractivity contribution in [2.24, 2.45) is 5.41 Å². The van der Waals surface area contributed by atoms with E-state index in [4.69, 9.17) is 5.11 Å². The topological polar surface area (TPSA) is 126 Å². The first kappa shape index (κ1) is 15.6. The van der Waals surface area contributed by atoms with Crippen LogP contribution in [0.5, 0.6) is 0 Å². The predicted octanol–water partition coefficient (Wildman–Crippen LogP) is -1.14. The summed E-state index contributed by atoms with van der Waals surface area (Å²) in [4.78, 5) is 33.8. The van der Waals surface area contributed by atoms with Crippen molar-refractivity contribution in [3.8, 4) is 0 Å². The molecule has 0 saturated heterocycles. The van der Waals surface area contributed by atoms with E-state index in [0.717, 1.165) is 10.9 Å². The molecule has 9 heteroatoms. The minimum absolute atomic E-state index is 0.159. The zero-order chi connectivity index (χ0) is 15.3. The molecule has 0 aliphatic carbocycles. The Hall–Kier alpha value is -2.45. The van der Waals surface area contributed by atoms with Crippen LogP contribution in [0.25, 0.3) is 0 Å². The molecule has 0 fully saturated rings. The lowest BCUT2D eigenvalue weighted by Gasteiger charge is -2.22. The van der Waals surface area contributed by atoms with Crippen LogP contribution in [0.1, 0.15) is 24.3 Å². The standard InChI is InChI=1S/C11H17N5O4/c1-11(2,10(20)12-3)6-13-8(17)5-16-4-7(9(18)19)14-15-16/h4H,5-6H2,1-3H3,(H,12,20)(H,13,17)(H,18,19). The number of aromatic nitrogens is 3. The minimum atomic E-state index is -1.21. The number of nitrogens with zero attached hydrogens (tertiary/aromatic N) is 3. The van der Waals surface area contributed by atoms with E-state index in [2.05, 4.69) is 20.9 Å². The number of carbonyl (C=O) groups excluding carboxylic acids is 2. The zero-order valence-electron chi connectivity index (χ0n) is 11.5. The molecule has 9 nitrogen and oxygen atoms in total. The van der Waals surface area contributed by atoms with Crippen LogP contribution in [0.3, 0.4) is 0 Å². The van der Waals surface area contributed by atoms with Gasteiger partial charge in [0.1, 0.15) is 6.54 Å². The first-order valence-electron chi connectivity index (χ1n) is 5.88. The zero-order valence-corrected chi connectivity index (χ0v) is 11.5. The highest BCUT2D eigenvalue weighted by Gasteiger charge is 2.27. The van der Waals surface area contributed by atoms with Crippen LogP contribution in [-0.4, -0.2) is 51.5 Å². The molecule has 0 unspecified atom stereocenters. The Morgan fingerprint density at radius 2 is 2.05 bits per heavy atom. The van der Waals surface area contributed by atoms with Crippen LogP contribution in [0.2, 0.25) is 0 Å². The maximum absolute atomic E-state index is 11.7. The number of nitrogens with one attached hydrogen (secondary N) is 2. The molecule has 110 valence electrons. The molecule has 3 N–H and O–H groups in total. The van der Waals surface area contributed by atoms with Gasteiger partial charge in [0, 0.05) is 13.6 Å². The van der Waals surface area contributed by atoms with Crippen LogP contribution in [0, 0.1) is 5.41 Å². The SMILES string of the molecule is CNC(=O)C(C)(C)CNC(=O)Cn1cc(C(=O)O)nn1. The number of hydrogen-bond acceptors (Lipinski definition) is 5. The number of hydrogen-bond donors (Lipinski definition) is 3.